The summed E-state index contributed by atoms with van der Waals surface area (Å²) in [5.74, 6) is 0.936. The van der Waals surface area contributed by atoms with E-state index < -0.39 is 0 Å². The first-order chi connectivity index (χ1) is 12.9. The second kappa shape index (κ2) is 7.40. The molecule has 4 rings (SSSR count). The van der Waals surface area contributed by atoms with Crippen molar-refractivity contribution in [3.8, 4) is 0 Å². The van der Waals surface area contributed by atoms with Gasteiger partial charge in [-0.25, -0.2) is 0 Å². The molecule has 0 N–H and O–H groups in total. The van der Waals surface area contributed by atoms with E-state index in [1.54, 1.807) is 6.92 Å². The first-order valence-corrected chi connectivity index (χ1v) is 10.3. The number of halogens is 1. The lowest BCUT2D eigenvalue weighted by Crippen LogP contribution is -2.55. The van der Waals surface area contributed by atoms with Crippen molar-refractivity contribution in [2.24, 2.45) is 5.92 Å². The van der Waals surface area contributed by atoms with Crippen LogP contribution < -0.4 is 0 Å². The molecular weight excluding hydrogens is 366 g/mol. The summed E-state index contributed by atoms with van der Waals surface area (Å²) in [7, 11) is 0. The second-order valence-corrected chi connectivity index (χ2v) is 8.78. The van der Waals surface area contributed by atoms with Gasteiger partial charge in [-0.1, -0.05) is 18.0 Å². The number of piperazine rings is 1. The van der Waals surface area contributed by atoms with Gasteiger partial charge < -0.3 is 4.90 Å². The number of benzene rings is 1. The van der Waals surface area contributed by atoms with E-state index in [0.717, 1.165) is 31.5 Å². The van der Waals surface area contributed by atoms with Gasteiger partial charge in [0.05, 0.1) is 4.92 Å². The van der Waals surface area contributed by atoms with E-state index in [1.807, 2.05) is 6.07 Å². The Hall–Kier alpha value is -1.66. The fourth-order valence-corrected chi connectivity index (χ4v) is 5.13. The summed E-state index contributed by atoms with van der Waals surface area (Å²) in [6, 6.07) is 3.82. The van der Waals surface area contributed by atoms with Crippen molar-refractivity contribution in [2.75, 3.05) is 13.1 Å². The minimum absolute atomic E-state index is 0.0785. The minimum Gasteiger partial charge on any atom is -0.334 e. The number of fused-ring (bicyclic) bond motifs is 2. The zero-order valence-electron chi connectivity index (χ0n) is 15.7. The highest BCUT2D eigenvalue weighted by molar-refractivity contribution is 6.30. The molecule has 0 aromatic heterocycles. The predicted molar refractivity (Wildman–Crippen MR) is 104 cm³/mol. The molecule has 3 fully saturated rings. The van der Waals surface area contributed by atoms with E-state index in [1.165, 1.54) is 25.3 Å². The molecule has 2 saturated heterocycles. The van der Waals surface area contributed by atoms with E-state index >= 15 is 0 Å². The van der Waals surface area contributed by atoms with E-state index in [2.05, 4.69) is 9.80 Å². The first-order valence-electron chi connectivity index (χ1n) is 9.89. The maximum atomic E-state index is 12.8. The quantitative estimate of drug-likeness (QED) is 0.563. The maximum Gasteiger partial charge on any atom is 0.274 e. The van der Waals surface area contributed by atoms with Gasteiger partial charge in [0.25, 0.3) is 5.69 Å². The van der Waals surface area contributed by atoms with Crippen LogP contribution in [0.1, 0.15) is 49.7 Å². The van der Waals surface area contributed by atoms with Gasteiger partial charge in [0.15, 0.2) is 0 Å². The monoisotopic (exact) mass is 391 g/mol. The molecule has 1 amide bonds. The van der Waals surface area contributed by atoms with E-state index in [-0.39, 0.29) is 22.7 Å². The van der Waals surface area contributed by atoms with Crippen molar-refractivity contribution >= 4 is 23.2 Å². The zero-order chi connectivity index (χ0) is 19.1. The van der Waals surface area contributed by atoms with Crippen LogP contribution in [0.2, 0.25) is 5.02 Å². The number of nitro groups is 1. The highest BCUT2D eigenvalue weighted by atomic mass is 35.5. The Balaban J connectivity index is 1.44. The number of carbonyl (C=O) groups is 1. The molecule has 2 heterocycles. The molecular formula is C20H26ClN3O3. The van der Waals surface area contributed by atoms with Crippen molar-refractivity contribution in [3.05, 3.63) is 38.4 Å². The predicted octanol–water partition coefficient (Wildman–Crippen LogP) is 3.92. The van der Waals surface area contributed by atoms with E-state index in [0.29, 0.717) is 35.4 Å². The Morgan fingerprint density at radius 2 is 1.89 bits per heavy atom. The molecule has 1 aliphatic carbocycles. The number of nitro benzene ring substituents is 1. The average Bonchev–Trinajstić information content (AvgIpc) is 2.84. The molecule has 2 aliphatic heterocycles. The molecule has 0 radical (unpaired) electrons. The summed E-state index contributed by atoms with van der Waals surface area (Å²) in [5, 5.41) is 11.7. The third kappa shape index (κ3) is 3.69. The van der Waals surface area contributed by atoms with E-state index in [4.69, 9.17) is 11.6 Å². The molecule has 3 aliphatic rings. The largest absolute Gasteiger partial charge is 0.334 e. The van der Waals surface area contributed by atoms with Gasteiger partial charge in [0.1, 0.15) is 0 Å². The SMILES string of the molecule is Cc1c(CN2CC3CCC(C2)N3C(=O)CC2CCC2)cc(Cl)cc1[N+](=O)[O-]. The van der Waals surface area contributed by atoms with Gasteiger partial charge >= 0.3 is 0 Å². The van der Waals surface area contributed by atoms with Crippen LogP contribution in [-0.4, -0.2) is 45.8 Å². The summed E-state index contributed by atoms with van der Waals surface area (Å²) >= 11 is 6.11. The summed E-state index contributed by atoms with van der Waals surface area (Å²) in [6.07, 6.45) is 6.51. The highest BCUT2D eigenvalue weighted by Crippen LogP contribution is 2.36. The number of likely N-dealkylation sites (tertiary alicyclic amines) is 1. The molecule has 1 aromatic rings. The smallest absolute Gasteiger partial charge is 0.274 e. The highest BCUT2D eigenvalue weighted by Gasteiger charge is 2.43. The third-order valence-electron chi connectivity index (χ3n) is 6.58. The summed E-state index contributed by atoms with van der Waals surface area (Å²) in [6.45, 7) is 4.11. The summed E-state index contributed by atoms with van der Waals surface area (Å²) in [4.78, 5) is 28.1. The average molecular weight is 392 g/mol. The lowest BCUT2D eigenvalue weighted by atomic mass is 9.82. The number of hydrogen-bond acceptors (Lipinski definition) is 4. The Morgan fingerprint density at radius 3 is 2.44 bits per heavy atom. The maximum absolute atomic E-state index is 12.8. The number of carbonyl (C=O) groups excluding carboxylic acids is 1. The topological polar surface area (TPSA) is 66.7 Å². The third-order valence-corrected chi connectivity index (χ3v) is 6.80. The molecule has 1 aromatic carbocycles. The van der Waals surface area contributed by atoms with Crippen molar-refractivity contribution < 1.29 is 9.72 Å². The van der Waals surface area contributed by atoms with Crippen molar-refractivity contribution in [3.63, 3.8) is 0 Å². The van der Waals surface area contributed by atoms with Crippen LogP contribution in [-0.2, 0) is 11.3 Å². The standard InChI is InChI=1S/C20H26ClN3O3/c1-13-15(8-16(21)9-19(13)24(26)27)10-22-11-17-5-6-18(12-22)23(17)20(25)7-14-3-2-4-14/h8-9,14,17-18H,2-7,10-12H2,1H3. The van der Waals surface area contributed by atoms with Crippen LogP contribution in [0.3, 0.4) is 0 Å². The summed E-state index contributed by atoms with van der Waals surface area (Å²) in [5.41, 5.74) is 1.66. The number of amides is 1. The fraction of sp³-hybridized carbons (Fsp3) is 0.650. The molecule has 6 nitrogen and oxygen atoms in total. The lowest BCUT2D eigenvalue weighted by molar-refractivity contribution is -0.385. The van der Waals surface area contributed by atoms with Gasteiger partial charge in [-0.2, -0.15) is 0 Å². The Morgan fingerprint density at radius 1 is 1.22 bits per heavy atom. The molecule has 2 unspecified atom stereocenters. The Labute approximate surface area is 164 Å². The van der Waals surface area contributed by atoms with Crippen LogP contribution in [0.5, 0.6) is 0 Å². The first kappa shape index (κ1) is 18.7. The summed E-state index contributed by atoms with van der Waals surface area (Å²) < 4.78 is 0. The minimum atomic E-state index is -0.370. The lowest BCUT2D eigenvalue weighted by Gasteiger charge is -2.42. The van der Waals surface area contributed by atoms with Crippen molar-refractivity contribution in [1.82, 2.24) is 9.80 Å². The normalized spacial score (nSPS) is 25.5. The zero-order valence-corrected chi connectivity index (χ0v) is 16.5. The van der Waals surface area contributed by atoms with Gasteiger partial charge in [0, 0.05) is 54.8 Å². The van der Waals surface area contributed by atoms with Crippen LogP contribution in [0.4, 0.5) is 5.69 Å². The van der Waals surface area contributed by atoms with Crippen molar-refractivity contribution in [2.45, 2.75) is 64.1 Å². The second-order valence-electron chi connectivity index (χ2n) is 8.35. The Kier molecular flexibility index (Phi) is 5.12. The molecule has 2 bridgehead atoms. The molecule has 1 saturated carbocycles. The van der Waals surface area contributed by atoms with Crippen molar-refractivity contribution in [1.29, 1.82) is 0 Å². The van der Waals surface area contributed by atoms with Gasteiger partial charge in [-0.3, -0.25) is 19.8 Å². The van der Waals surface area contributed by atoms with Gasteiger partial charge in [-0.15, -0.1) is 0 Å². The van der Waals surface area contributed by atoms with Crippen LogP contribution in [0.25, 0.3) is 0 Å². The molecule has 2 atom stereocenters. The van der Waals surface area contributed by atoms with Crippen LogP contribution >= 0.6 is 11.6 Å². The molecule has 0 spiro atoms. The van der Waals surface area contributed by atoms with E-state index in [9.17, 15) is 14.9 Å². The van der Waals surface area contributed by atoms with Gasteiger partial charge in [-0.05, 0) is 50.2 Å². The molecule has 27 heavy (non-hydrogen) atoms. The number of nitrogens with zero attached hydrogens (tertiary/aromatic N) is 3. The van der Waals surface area contributed by atoms with Gasteiger partial charge in [0.2, 0.25) is 5.91 Å². The fourth-order valence-electron chi connectivity index (χ4n) is 4.89. The number of rotatable bonds is 5. The number of hydrogen-bond donors (Lipinski definition) is 0. The Bertz CT molecular complexity index is 751. The van der Waals surface area contributed by atoms with Crippen LogP contribution in [0, 0.1) is 23.0 Å². The molecule has 146 valence electrons. The molecule has 7 heteroatoms. The van der Waals surface area contributed by atoms with Crippen LogP contribution in [0.15, 0.2) is 12.1 Å².